The molecular formula is C8H13NO3. The Balaban J connectivity index is 2.70. The molecule has 0 bridgehead atoms. The molecule has 1 fully saturated rings. The van der Waals surface area contributed by atoms with Gasteiger partial charge in [0.25, 0.3) is 0 Å². The van der Waals surface area contributed by atoms with Crippen LogP contribution in [0, 0.1) is 5.41 Å². The van der Waals surface area contributed by atoms with Crippen molar-refractivity contribution in [1.82, 2.24) is 5.32 Å². The molecule has 4 heteroatoms. The SMILES string of the molecule is CCOC(=O)[C@]1(C)CCNC1=O. The molecule has 0 aliphatic carbocycles. The largest absolute Gasteiger partial charge is 0.465 e. The maximum Gasteiger partial charge on any atom is 0.321 e. The molecule has 1 aliphatic heterocycles. The molecular weight excluding hydrogens is 158 g/mol. The number of nitrogens with one attached hydrogen (secondary N) is 1. The minimum atomic E-state index is -0.948. The van der Waals surface area contributed by atoms with Crippen LogP contribution < -0.4 is 5.32 Å². The number of ether oxygens (including phenoxy) is 1. The lowest BCUT2D eigenvalue weighted by molar-refractivity contribution is -0.157. The summed E-state index contributed by atoms with van der Waals surface area (Å²) in [6.45, 7) is 4.23. The molecule has 1 N–H and O–H groups in total. The Hall–Kier alpha value is -1.06. The second-order valence-corrected chi connectivity index (χ2v) is 3.06. The Bertz CT molecular complexity index is 214. The third-order valence-electron chi connectivity index (χ3n) is 2.14. The fraction of sp³-hybridized carbons (Fsp3) is 0.750. The molecule has 1 atom stereocenters. The van der Waals surface area contributed by atoms with E-state index >= 15 is 0 Å². The van der Waals surface area contributed by atoms with Crippen LogP contribution in [0.3, 0.4) is 0 Å². The molecule has 0 aromatic heterocycles. The highest BCUT2D eigenvalue weighted by Gasteiger charge is 2.45. The molecule has 0 aromatic carbocycles. The first-order valence-corrected chi connectivity index (χ1v) is 4.07. The second-order valence-electron chi connectivity index (χ2n) is 3.06. The van der Waals surface area contributed by atoms with Crippen molar-refractivity contribution in [2.45, 2.75) is 20.3 Å². The van der Waals surface area contributed by atoms with Gasteiger partial charge in [0.15, 0.2) is 0 Å². The molecule has 12 heavy (non-hydrogen) atoms. The Morgan fingerprint density at radius 1 is 1.75 bits per heavy atom. The fourth-order valence-electron chi connectivity index (χ4n) is 1.22. The number of carbonyl (C=O) groups excluding carboxylic acids is 2. The van der Waals surface area contributed by atoms with Crippen molar-refractivity contribution < 1.29 is 14.3 Å². The van der Waals surface area contributed by atoms with E-state index in [4.69, 9.17) is 4.74 Å². The summed E-state index contributed by atoms with van der Waals surface area (Å²) < 4.78 is 4.80. The summed E-state index contributed by atoms with van der Waals surface area (Å²) in [7, 11) is 0. The first-order chi connectivity index (χ1) is 5.61. The van der Waals surface area contributed by atoms with Crippen molar-refractivity contribution in [2.75, 3.05) is 13.2 Å². The molecule has 0 unspecified atom stereocenters. The van der Waals surface area contributed by atoms with Crippen LogP contribution in [0.2, 0.25) is 0 Å². The summed E-state index contributed by atoms with van der Waals surface area (Å²) in [6.07, 6.45) is 0.532. The van der Waals surface area contributed by atoms with Crippen molar-refractivity contribution in [3.05, 3.63) is 0 Å². The van der Waals surface area contributed by atoms with Gasteiger partial charge in [-0.05, 0) is 20.3 Å². The van der Waals surface area contributed by atoms with E-state index in [1.54, 1.807) is 13.8 Å². The van der Waals surface area contributed by atoms with Crippen LogP contribution in [-0.2, 0) is 14.3 Å². The number of rotatable bonds is 2. The van der Waals surface area contributed by atoms with Gasteiger partial charge in [-0.25, -0.2) is 0 Å². The molecule has 0 saturated carbocycles. The van der Waals surface area contributed by atoms with Gasteiger partial charge < -0.3 is 10.1 Å². The molecule has 1 rings (SSSR count). The molecule has 0 aromatic rings. The predicted molar refractivity (Wildman–Crippen MR) is 42.4 cm³/mol. The monoisotopic (exact) mass is 171 g/mol. The molecule has 1 aliphatic rings. The van der Waals surface area contributed by atoms with Gasteiger partial charge in [-0.15, -0.1) is 0 Å². The quantitative estimate of drug-likeness (QED) is 0.472. The second kappa shape index (κ2) is 3.13. The van der Waals surface area contributed by atoms with E-state index in [2.05, 4.69) is 5.32 Å². The van der Waals surface area contributed by atoms with Crippen LogP contribution in [-0.4, -0.2) is 25.0 Å². The van der Waals surface area contributed by atoms with Crippen molar-refractivity contribution in [3.63, 3.8) is 0 Å². The first kappa shape index (κ1) is 9.03. The molecule has 68 valence electrons. The average Bonchev–Trinajstić information content (AvgIpc) is 2.34. The predicted octanol–water partition coefficient (Wildman–Crippen LogP) is 0.0757. The van der Waals surface area contributed by atoms with E-state index in [1.807, 2.05) is 0 Å². The third kappa shape index (κ3) is 1.29. The smallest absolute Gasteiger partial charge is 0.321 e. The third-order valence-corrected chi connectivity index (χ3v) is 2.14. The summed E-state index contributed by atoms with van der Waals surface area (Å²) in [6, 6.07) is 0. The Kier molecular flexibility index (Phi) is 2.35. The van der Waals surface area contributed by atoms with Gasteiger partial charge in [0.1, 0.15) is 5.41 Å². The van der Waals surface area contributed by atoms with Crippen LogP contribution in [0.4, 0.5) is 0 Å². The van der Waals surface area contributed by atoms with E-state index in [9.17, 15) is 9.59 Å². The van der Waals surface area contributed by atoms with Crippen molar-refractivity contribution in [1.29, 1.82) is 0 Å². The first-order valence-electron chi connectivity index (χ1n) is 4.07. The number of esters is 1. The number of hydrogen-bond donors (Lipinski definition) is 1. The highest BCUT2D eigenvalue weighted by Crippen LogP contribution is 2.27. The summed E-state index contributed by atoms with van der Waals surface area (Å²) in [5.74, 6) is -0.638. The summed E-state index contributed by atoms with van der Waals surface area (Å²) in [5.41, 5.74) is -0.948. The van der Waals surface area contributed by atoms with Crippen LogP contribution in [0.1, 0.15) is 20.3 Å². The van der Waals surface area contributed by atoms with Crippen molar-refractivity contribution in [2.24, 2.45) is 5.41 Å². The van der Waals surface area contributed by atoms with Crippen molar-refractivity contribution >= 4 is 11.9 Å². The van der Waals surface area contributed by atoms with Crippen LogP contribution in [0.15, 0.2) is 0 Å². The Morgan fingerprint density at radius 2 is 2.42 bits per heavy atom. The topological polar surface area (TPSA) is 55.4 Å². The molecule has 1 amide bonds. The fourth-order valence-corrected chi connectivity index (χ4v) is 1.22. The van der Waals surface area contributed by atoms with E-state index < -0.39 is 11.4 Å². The molecule has 0 spiro atoms. The lowest BCUT2D eigenvalue weighted by Gasteiger charge is -2.17. The van der Waals surface area contributed by atoms with Crippen LogP contribution in [0.25, 0.3) is 0 Å². The highest BCUT2D eigenvalue weighted by atomic mass is 16.5. The highest BCUT2D eigenvalue weighted by molar-refractivity contribution is 6.03. The zero-order valence-electron chi connectivity index (χ0n) is 7.35. The number of carbonyl (C=O) groups is 2. The van der Waals surface area contributed by atoms with E-state index in [-0.39, 0.29) is 5.91 Å². The van der Waals surface area contributed by atoms with Crippen LogP contribution in [0.5, 0.6) is 0 Å². The van der Waals surface area contributed by atoms with Crippen molar-refractivity contribution in [3.8, 4) is 0 Å². The Morgan fingerprint density at radius 3 is 2.83 bits per heavy atom. The minimum Gasteiger partial charge on any atom is -0.465 e. The summed E-state index contributed by atoms with van der Waals surface area (Å²) in [4.78, 5) is 22.5. The maximum atomic E-state index is 11.3. The van der Waals surface area contributed by atoms with Gasteiger partial charge in [-0.1, -0.05) is 0 Å². The minimum absolute atomic E-state index is 0.221. The summed E-state index contributed by atoms with van der Waals surface area (Å²) >= 11 is 0. The lowest BCUT2D eigenvalue weighted by atomic mass is 9.89. The molecule has 0 radical (unpaired) electrons. The molecule has 1 heterocycles. The standard InChI is InChI=1S/C8H13NO3/c1-3-12-7(11)8(2)4-5-9-6(8)10/h3-5H2,1-2H3,(H,9,10)/t8-/m1/s1. The average molecular weight is 171 g/mol. The normalized spacial score (nSPS) is 28.3. The van der Waals surface area contributed by atoms with Gasteiger partial charge >= 0.3 is 5.97 Å². The maximum absolute atomic E-state index is 11.3. The van der Waals surface area contributed by atoms with Crippen LogP contribution >= 0.6 is 0 Å². The van der Waals surface area contributed by atoms with Gasteiger partial charge in [0.2, 0.25) is 5.91 Å². The van der Waals surface area contributed by atoms with Gasteiger partial charge in [0.05, 0.1) is 6.61 Å². The van der Waals surface area contributed by atoms with Gasteiger partial charge in [0, 0.05) is 6.54 Å². The zero-order valence-corrected chi connectivity index (χ0v) is 7.35. The lowest BCUT2D eigenvalue weighted by Crippen LogP contribution is -2.37. The van der Waals surface area contributed by atoms with Gasteiger partial charge in [-0.2, -0.15) is 0 Å². The van der Waals surface area contributed by atoms with E-state index in [1.165, 1.54) is 0 Å². The van der Waals surface area contributed by atoms with E-state index in [0.29, 0.717) is 19.6 Å². The van der Waals surface area contributed by atoms with E-state index in [0.717, 1.165) is 0 Å². The Labute approximate surface area is 71.3 Å². The number of hydrogen-bond acceptors (Lipinski definition) is 3. The van der Waals surface area contributed by atoms with Gasteiger partial charge in [-0.3, -0.25) is 9.59 Å². The molecule has 4 nitrogen and oxygen atoms in total. The molecule has 1 saturated heterocycles. The summed E-state index contributed by atoms with van der Waals surface area (Å²) in [5, 5.41) is 2.61. The zero-order chi connectivity index (χ0) is 9.19. The number of amides is 1.